The highest BCUT2D eigenvalue weighted by Gasteiger charge is 2.44. The topological polar surface area (TPSA) is 63.7 Å². The second kappa shape index (κ2) is 5.48. The van der Waals surface area contributed by atoms with E-state index in [4.69, 9.17) is 39.6 Å². The van der Waals surface area contributed by atoms with Crippen molar-refractivity contribution in [2.45, 2.75) is 20.8 Å². The number of hydrogen-bond acceptors (Lipinski definition) is 4. The summed E-state index contributed by atoms with van der Waals surface area (Å²) in [6.07, 6.45) is 0. The quantitative estimate of drug-likeness (QED) is 0.603. The summed E-state index contributed by atoms with van der Waals surface area (Å²) in [4.78, 5) is 40.9. The number of halogens is 3. The molecule has 0 saturated carbocycles. The lowest BCUT2D eigenvalue weighted by Gasteiger charge is -2.14. The van der Waals surface area contributed by atoms with Gasteiger partial charge in [0.2, 0.25) is 0 Å². The average molecular weight is 351 g/mol. The molecule has 0 unspecified atom stereocenters. The molecular weight excluding hydrogens is 341 g/mol. The van der Waals surface area contributed by atoms with E-state index in [0.29, 0.717) is 10.6 Å². The molecule has 0 radical (unpaired) electrons. The van der Waals surface area contributed by atoms with Crippen molar-refractivity contribution >= 4 is 52.6 Å². The Morgan fingerprint density at radius 1 is 1.00 bits per heavy atom. The number of carbonyl (C=O) groups excluding carboxylic acids is 3. The highest BCUT2D eigenvalue weighted by atomic mass is 35.5. The summed E-state index contributed by atoms with van der Waals surface area (Å²) in [5.41, 5.74) is 0.115. The lowest BCUT2D eigenvalue weighted by molar-refractivity contribution is -0.172. The van der Waals surface area contributed by atoms with Gasteiger partial charge in [0.1, 0.15) is 0 Å². The molecule has 0 fully saturated rings. The molecule has 5 nitrogen and oxygen atoms in total. The second-order valence-electron chi connectivity index (χ2n) is 4.79. The van der Waals surface area contributed by atoms with Gasteiger partial charge in [0.05, 0.1) is 32.1 Å². The monoisotopic (exact) mass is 349 g/mol. The molecule has 0 N–H and O–H groups in total. The number of fused-ring (bicyclic) bond motifs is 1. The molecule has 2 rings (SSSR count). The van der Waals surface area contributed by atoms with Gasteiger partial charge in [0.15, 0.2) is 0 Å². The Balaban J connectivity index is 2.55. The van der Waals surface area contributed by atoms with Crippen molar-refractivity contribution in [2.75, 3.05) is 0 Å². The van der Waals surface area contributed by atoms with Crippen LogP contribution in [0.2, 0.25) is 15.1 Å². The molecule has 0 spiro atoms. The summed E-state index contributed by atoms with van der Waals surface area (Å²) in [6.45, 7) is 4.71. The van der Waals surface area contributed by atoms with Crippen molar-refractivity contribution in [3.8, 4) is 0 Å². The third-order valence-corrected chi connectivity index (χ3v) is 4.41. The van der Waals surface area contributed by atoms with Gasteiger partial charge >= 0.3 is 5.97 Å². The maximum Gasteiger partial charge on any atom is 0.335 e. The van der Waals surface area contributed by atoms with E-state index in [1.807, 2.05) is 0 Å². The molecule has 0 saturated heterocycles. The van der Waals surface area contributed by atoms with Gasteiger partial charge in [-0.1, -0.05) is 53.7 Å². The molecule has 8 heteroatoms. The smallest absolute Gasteiger partial charge is 0.329 e. The van der Waals surface area contributed by atoms with Crippen molar-refractivity contribution in [1.82, 2.24) is 5.06 Å². The Labute approximate surface area is 135 Å². The number of rotatable bonds is 2. The first-order valence-corrected chi connectivity index (χ1v) is 7.09. The first-order valence-electron chi connectivity index (χ1n) is 5.96. The molecule has 1 heterocycles. The molecule has 0 aromatic heterocycles. The van der Waals surface area contributed by atoms with E-state index in [-0.39, 0.29) is 26.2 Å². The molecule has 1 aromatic carbocycles. The van der Waals surface area contributed by atoms with Crippen LogP contribution >= 0.6 is 34.8 Å². The van der Waals surface area contributed by atoms with E-state index < -0.39 is 23.7 Å². The minimum atomic E-state index is -0.863. The van der Waals surface area contributed by atoms with Crippen LogP contribution in [0.25, 0.3) is 0 Å². The first-order chi connectivity index (χ1) is 9.68. The Kier molecular flexibility index (Phi) is 4.19. The fourth-order valence-electron chi connectivity index (χ4n) is 1.75. The highest BCUT2D eigenvalue weighted by Crippen LogP contribution is 2.42. The number of hydrogen-bond donors (Lipinski definition) is 0. The van der Waals surface area contributed by atoms with Gasteiger partial charge < -0.3 is 4.84 Å². The Bertz CT molecular complexity index is 638. The predicted octanol–water partition coefficient (Wildman–Crippen LogP) is 3.67. The van der Waals surface area contributed by atoms with Crippen molar-refractivity contribution in [3.05, 3.63) is 31.8 Å². The number of imide groups is 1. The van der Waals surface area contributed by atoms with E-state index in [1.165, 1.54) is 0 Å². The van der Waals surface area contributed by atoms with E-state index >= 15 is 0 Å². The summed E-state index contributed by atoms with van der Waals surface area (Å²) in [6, 6.07) is 0. The van der Waals surface area contributed by atoms with Crippen LogP contribution in [0.15, 0.2) is 0 Å². The maximum absolute atomic E-state index is 12.2. The molecule has 21 heavy (non-hydrogen) atoms. The third kappa shape index (κ3) is 2.39. The van der Waals surface area contributed by atoms with Gasteiger partial charge in [-0.3, -0.25) is 9.59 Å². The number of amides is 2. The van der Waals surface area contributed by atoms with Crippen molar-refractivity contribution in [2.24, 2.45) is 5.92 Å². The number of nitrogens with zero attached hydrogens (tertiary/aromatic N) is 1. The van der Waals surface area contributed by atoms with Crippen LogP contribution in [-0.4, -0.2) is 22.8 Å². The molecular formula is C13H10Cl3NO4. The minimum absolute atomic E-state index is 0.0147. The van der Waals surface area contributed by atoms with Gasteiger partial charge in [0.25, 0.3) is 11.8 Å². The molecule has 0 aliphatic carbocycles. The summed E-state index contributed by atoms with van der Waals surface area (Å²) in [5.74, 6) is -2.93. The number of carbonyl (C=O) groups is 3. The van der Waals surface area contributed by atoms with E-state index in [9.17, 15) is 14.4 Å². The van der Waals surface area contributed by atoms with E-state index in [0.717, 1.165) is 0 Å². The summed E-state index contributed by atoms with van der Waals surface area (Å²) in [5, 5.41) is 0.370. The van der Waals surface area contributed by atoms with Gasteiger partial charge in [-0.2, -0.15) is 0 Å². The van der Waals surface area contributed by atoms with Crippen LogP contribution < -0.4 is 0 Å². The Morgan fingerprint density at radius 2 is 1.48 bits per heavy atom. The zero-order valence-electron chi connectivity index (χ0n) is 11.3. The van der Waals surface area contributed by atoms with Gasteiger partial charge in [0, 0.05) is 0 Å². The standard InChI is InChI=1S/C13H10Cl3NO4/c1-4(2)13(20)21-17-11(18)6-7(12(17)19)10(16)9(15)5(3)8(6)14/h4H,1-3H3. The lowest BCUT2D eigenvalue weighted by atomic mass is 10.1. The molecule has 1 aliphatic rings. The van der Waals surface area contributed by atoms with Crippen LogP contribution in [0.3, 0.4) is 0 Å². The summed E-state index contributed by atoms with van der Waals surface area (Å²) >= 11 is 18.0. The molecule has 0 bridgehead atoms. The molecule has 2 amide bonds. The predicted molar refractivity (Wildman–Crippen MR) is 77.6 cm³/mol. The number of benzene rings is 1. The van der Waals surface area contributed by atoms with Crippen LogP contribution in [-0.2, 0) is 9.63 Å². The van der Waals surface area contributed by atoms with E-state index in [1.54, 1.807) is 20.8 Å². The largest absolute Gasteiger partial charge is 0.335 e. The van der Waals surface area contributed by atoms with Crippen LogP contribution in [0.5, 0.6) is 0 Å². The summed E-state index contributed by atoms with van der Waals surface area (Å²) in [7, 11) is 0. The molecule has 1 aliphatic heterocycles. The van der Waals surface area contributed by atoms with Gasteiger partial charge in [-0.25, -0.2) is 4.79 Å². The molecule has 0 atom stereocenters. The minimum Gasteiger partial charge on any atom is -0.329 e. The average Bonchev–Trinajstić information content (AvgIpc) is 2.67. The highest BCUT2D eigenvalue weighted by molar-refractivity contribution is 6.48. The Morgan fingerprint density at radius 3 is 1.95 bits per heavy atom. The van der Waals surface area contributed by atoms with Crippen molar-refractivity contribution in [1.29, 1.82) is 0 Å². The van der Waals surface area contributed by atoms with Crippen LogP contribution in [0.1, 0.15) is 40.1 Å². The summed E-state index contributed by atoms with van der Waals surface area (Å²) < 4.78 is 0. The normalized spacial score (nSPS) is 14.0. The van der Waals surface area contributed by atoms with E-state index in [2.05, 4.69) is 0 Å². The second-order valence-corrected chi connectivity index (χ2v) is 5.92. The zero-order valence-corrected chi connectivity index (χ0v) is 13.6. The number of hydroxylamine groups is 2. The zero-order chi connectivity index (χ0) is 16.1. The lowest BCUT2D eigenvalue weighted by Crippen LogP contribution is -2.34. The fourth-order valence-corrected chi connectivity index (χ4v) is 2.58. The van der Waals surface area contributed by atoms with Gasteiger partial charge in [-0.05, 0) is 12.5 Å². The fraction of sp³-hybridized carbons (Fsp3) is 0.308. The third-order valence-electron chi connectivity index (χ3n) is 2.99. The van der Waals surface area contributed by atoms with Crippen molar-refractivity contribution < 1.29 is 19.2 Å². The maximum atomic E-state index is 12.2. The molecule has 1 aromatic rings. The van der Waals surface area contributed by atoms with Crippen molar-refractivity contribution in [3.63, 3.8) is 0 Å². The first kappa shape index (κ1) is 16.1. The van der Waals surface area contributed by atoms with Crippen LogP contribution in [0.4, 0.5) is 0 Å². The van der Waals surface area contributed by atoms with Crippen LogP contribution in [0, 0.1) is 12.8 Å². The SMILES string of the molecule is Cc1c(Cl)c(Cl)c2c(c1Cl)C(=O)N(OC(=O)C(C)C)C2=O. The molecule has 112 valence electrons. The Hall–Kier alpha value is -1.30. The van der Waals surface area contributed by atoms with Gasteiger partial charge in [-0.15, -0.1) is 0 Å².